The first-order chi connectivity index (χ1) is 11.2. The highest BCUT2D eigenvalue weighted by Gasteiger charge is 2.07. The number of nitrogens with zero attached hydrogens (tertiary/aromatic N) is 2. The van der Waals surface area contributed by atoms with Crippen LogP contribution >= 0.6 is 0 Å². The second-order valence-corrected chi connectivity index (χ2v) is 5.09. The van der Waals surface area contributed by atoms with Crippen LogP contribution in [0.2, 0.25) is 0 Å². The summed E-state index contributed by atoms with van der Waals surface area (Å²) in [6.45, 7) is 0.320. The molecule has 0 fully saturated rings. The molecule has 0 N–H and O–H groups in total. The van der Waals surface area contributed by atoms with Crippen LogP contribution in [0, 0.1) is 0 Å². The second-order valence-electron chi connectivity index (χ2n) is 5.09. The zero-order valence-electron chi connectivity index (χ0n) is 12.7. The van der Waals surface area contributed by atoms with Crippen LogP contribution < -0.4 is 15.9 Å². The molecule has 0 spiro atoms. The molecule has 0 aliphatic carbocycles. The van der Waals surface area contributed by atoms with Crippen molar-refractivity contribution in [1.29, 1.82) is 0 Å². The lowest BCUT2D eigenvalue weighted by atomic mass is 10.2. The summed E-state index contributed by atoms with van der Waals surface area (Å²) in [5, 5.41) is 0. The van der Waals surface area contributed by atoms with Gasteiger partial charge in [-0.15, -0.1) is 0 Å². The van der Waals surface area contributed by atoms with Crippen molar-refractivity contribution in [3.8, 4) is 11.4 Å². The molecule has 116 valence electrons. The summed E-state index contributed by atoms with van der Waals surface area (Å²) in [6.07, 6.45) is 3.23. The molecule has 0 saturated heterocycles. The Morgan fingerprint density at radius 2 is 1.70 bits per heavy atom. The van der Waals surface area contributed by atoms with Crippen molar-refractivity contribution in [2.45, 2.75) is 6.54 Å². The summed E-state index contributed by atoms with van der Waals surface area (Å²) in [4.78, 5) is 24.6. The minimum absolute atomic E-state index is 0.320. The molecular formula is C18H16N2O3. The highest BCUT2D eigenvalue weighted by molar-refractivity contribution is 5.31. The Hall–Kier alpha value is -3.08. The van der Waals surface area contributed by atoms with E-state index in [1.165, 1.54) is 9.13 Å². The molecule has 0 aliphatic heterocycles. The van der Waals surface area contributed by atoms with Crippen LogP contribution in [0.3, 0.4) is 0 Å². The maximum atomic E-state index is 12.3. The van der Waals surface area contributed by atoms with Gasteiger partial charge < -0.3 is 9.30 Å². The Kier molecular flexibility index (Phi) is 4.10. The molecule has 0 bridgehead atoms. The van der Waals surface area contributed by atoms with Crippen LogP contribution in [0.25, 0.3) is 5.69 Å². The van der Waals surface area contributed by atoms with Gasteiger partial charge in [0.05, 0.1) is 13.7 Å². The molecule has 23 heavy (non-hydrogen) atoms. The van der Waals surface area contributed by atoms with E-state index in [1.54, 1.807) is 31.6 Å². The van der Waals surface area contributed by atoms with E-state index in [0.29, 0.717) is 18.0 Å². The van der Waals surface area contributed by atoms with Crippen LogP contribution in [0.5, 0.6) is 5.75 Å². The van der Waals surface area contributed by atoms with Gasteiger partial charge in [-0.2, -0.15) is 0 Å². The Bertz CT molecular complexity index is 927. The van der Waals surface area contributed by atoms with Crippen LogP contribution in [0.4, 0.5) is 0 Å². The molecular weight excluding hydrogens is 292 g/mol. The van der Waals surface area contributed by atoms with Crippen molar-refractivity contribution in [2.24, 2.45) is 0 Å². The first-order valence-electron chi connectivity index (χ1n) is 7.19. The van der Waals surface area contributed by atoms with Gasteiger partial charge >= 0.3 is 11.1 Å². The first-order valence-corrected chi connectivity index (χ1v) is 7.19. The summed E-state index contributed by atoms with van der Waals surface area (Å²) >= 11 is 0. The molecule has 1 aromatic heterocycles. The maximum absolute atomic E-state index is 12.3. The average molecular weight is 308 g/mol. The summed E-state index contributed by atoms with van der Waals surface area (Å²) in [6, 6.07) is 16.5. The SMILES string of the molecule is COc1cccc(Cn2ccn(-c3ccccc3)c(=O)c2=O)c1. The summed E-state index contributed by atoms with van der Waals surface area (Å²) in [5.74, 6) is 0.716. The van der Waals surface area contributed by atoms with Crippen LogP contribution in [-0.2, 0) is 6.54 Å². The topological polar surface area (TPSA) is 53.2 Å². The molecule has 0 unspecified atom stereocenters. The molecule has 3 aromatic rings. The highest BCUT2D eigenvalue weighted by Crippen LogP contribution is 2.13. The predicted octanol–water partition coefficient (Wildman–Crippen LogP) is 2.06. The number of benzene rings is 2. The smallest absolute Gasteiger partial charge is 0.320 e. The number of hydrogen-bond acceptors (Lipinski definition) is 3. The summed E-state index contributed by atoms with van der Waals surface area (Å²) in [7, 11) is 1.59. The van der Waals surface area contributed by atoms with Gasteiger partial charge in [-0.3, -0.25) is 14.2 Å². The van der Waals surface area contributed by atoms with Crippen molar-refractivity contribution in [2.75, 3.05) is 7.11 Å². The van der Waals surface area contributed by atoms with Gasteiger partial charge in [0.25, 0.3) is 0 Å². The van der Waals surface area contributed by atoms with E-state index in [0.717, 1.165) is 5.56 Å². The van der Waals surface area contributed by atoms with E-state index in [9.17, 15) is 9.59 Å². The van der Waals surface area contributed by atoms with E-state index < -0.39 is 11.1 Å². The number of hydrogen-bond donors (Lipinski definition) is 0. The third-order valence-electron chi connectivity index (χ3n) is 3.58. The van der Waals surface area contributed by atoms with Gasteiger partial charge in [-0.25, -0.2) is 0 Å². The summed E-state index contributed by atoms with van der Waals surface area (Å²) < 4.78 is 7.92. The molecule has 0 atom stereocenters. The molecule has 5 nitrogen and oxygen atoms in total. The lowest BCUT2D eigenvalue weighted by Crippen LogP contribution is -2.40. The molecule has 0 saturated carbocycles. The van der Waals surface area contributed by atoms with Crippen LogP contribution in [-0.4, -0.2) is 16.2 Å². The molecule has 0 radical (unpaired) electrons. The molecule has 2 aromatic carbocycles. The number of para-hydroxylation sites is 1. The van der Waals surface area contributed by atoms with Gasteiger partial charge in [0.15, 0.2) is 0 Å². The number of aromatic nitrogens is 2. The Morgan fingerprint density at radius 3 is 2.43 bits per heavy atom. The van der Waals surface area contributed by atoms with Crippen molar-refractivity contribution >= 4 is 0 Å². The van der Waals surface area contributed by atoms with Gasteiger partial charge in [0.2, 0.25) is 0 Å². The average Bonchev–Trinajstić information content (AvgIpc) is 2.60. The van der Waals surface area contributed by atoms with E-state index in [2.05, 4.69) is 0 Å². The van der Waals surface area contributed by atoms with E-state index >= 15 is 0 Å². The van der Waals surface area contributed by atoms with Gasteiger partial charge in [0, 0.05) is 18.1 Å². The van der Waals surface area contributed by atoms with Gasteiger partial charge in [-0.05, 0) is 29.8 Å². The van der Waals surface area contributed by atoms with Gasteiger partial charge in [0.1, 0.15) is 5.75 Å². The zero-order valence-corrected chi connectivity index (χ0v) is 12.7. The predicted molar refractivity (Wildman–Crippen MR) is 88.4 cm³/mol. The molecule has 0 aliphatic rings. The number of ether oxygens (including phenoxy) is 1. The molecule has 3 rings (SSSR count). The lowest BCUT2D eigenvalue weighted by Gasteiger charge is -2.10. The largest absolute Gasteiger partial charge is 0.497 e. The van der Waals surface area contributed by atoms with E-state index in [4.69, 9.17) is 4.74 Å². The van der Waals surface area contributed by atoms with Crippen molar-refractivity contribution in [3.63, 3.8) is 0 Å². The lowest BCUT2D eigenvalue weighted by molar-refractivity contribution is 0.414. The van der Waals surface area contributed by atoms with Crippen LogP contribution in [0.15, 0.2) is 76.6 Å². The minimum atomic E-state index is -0.568. The monoisotopic (exact) mass is 308 g/mol. The fourth-order valence-electron chi connectivity index (χ4n) is 2.39. The van der Waals surface area contributed by atoms with E-state index in [1.807, 2.05) is 42.5 Å². The molecule has 5 heteroatoms. The fraction of sp³-hybridized carbons (Fsp3) is 0.111. The second kappa shape index (κ2) is 6.36. The maximum Gasteiger partial charge on any atom is 0.320 e. The Morgan fingerprint density at radius 1 is 0.913 bits per heavy atom. The third-order valence-corrected chi connectivity index (χ3v) is 3.58. The first kappa shape index (κ1) is 14.8. The fourth-order valence-corrected chi connectivity index (χ4v) is 2.39. The minimum Gasteiger partial charge on any atom is -0.497 e. The quantitative estimate of drug-likeness (QED) is 0.693. The molecule has 1 heterocycles. The third kappa shape index (κ3) is 3.08. The number of methoxy groups -OCH3 is 1. The van der Waals surface area contributed by atoms with Crippen molar-refractivity contribution < 1.29 is 4.74 Å². The normalized spacial score (nSPS) is 10.5. The Labute approximate surface area is 133 Å². The standard InChI is InChI=1S/C18H16N2O3/c1-23-16-9-5-6-14(12-16)13-19-10-11-20(18(22)17(19)21)15-7-3-2-4-8-15/h2-12H,13H2,1H3. The van der Waals surface area contributed by atoms with Gasteiger partial charge in [-0.1, -0.05) is 30.3 Å². The number of rotatable bonds is 4. The van der Waals surface area contributed by atoms with Crippen molar-refractivity contribution in [1.82, 2.24) is 9.13 Å². The van der Waals surface area contributed by atoms with Crippen LogP contribution in [0.1, 0.15) is 5.56 Å². The van der Waals surface area contributed by atoms with Crippen molar-refractivity contribution in [3.05, 3.63) is 93.3 Å². The van der Waals surface area contributed by atoms with E-state index in [-0.39, 0.29) is 0 Å². The summed E-state index contributed by atoms with van der Waals surface area (Å²) in [5.41, 5.74) is 0.437. The molecule has 0 amide bonds. The highest BCUT2D eigenvalue weighted by atomic mass is 16.5. The zero-order chi connectivity index (χ0) is 16.2. The Balaban J connectivity index is 1.98.